The third-order valence-corrected chi connectivity index (χ3v) is 1.84. The molecule has 0 bridgehead atoms. The summed E-state index contributed by atoms with van der Waals surface area (Å²) < 4.78 is 5.05. The molecule has 1 amide bonds. The Bertz CT molecular complexity index is 472. The van der Waals surface area contributed by atoms with Gasteiger partial charge in [-0.3, -0.25) is 4.79 Å². The number of nitrogens with zero attached hydrogens (tertiary/aromatic N) is 1. The van der Waals surface area contributed by atoms with Gasteiger partial charge in [0, 0.05) is 39.3 Å². The summed E-state index contributed by atoms with van der Waals surface area (Å²) in [5.41, 5.74) is 2.17. The Morgan fingerprint density at radius 3 is 3.13 bits per heavy atom. The van der Waals surface area contributed by atoms with Crippen LogP contribution in [-0.2, 0) is 39.3 Å². The zero-order chi connectivity index (χ0) is 9.97. The molecule has 3 radical (unpaired) electrons. The SMILES string of the molecule is [B]C(=O)NCc1cccc2n[c-]oc12.[Y]. The second-order valence-electron chi connectivity index (χ2n) is 2.79. The minimum absolute atomic E-state index is 0. The quantitative estimate of drug-likeness (QED) is 0.656. The van der Waals surface area contributed by atoms with E-state index in [0.29, 0.717) is 17.6 Å². The van der Waals surface area contributed by atoms with Gasteiger partial charge in [0.05, 0.1) is 0 Å². The van der Waals surface area contributed by atoms with Crippen molar-refractivity contribution >= 4 is 24.8 Å². The van der Waals surface area contributed by atoms with E-state index in [1.54, 1.807) is 0 Å². The van der Waals surface area contributed by atoms with E-state index in [1.807, 2.05) is 18.2 Å². The van der Waals surface area contributed by atoms with Crippen LogP contribution in [0.4, 0.5) is 4.79 Å². The van der Waals surface area contributed by atoms with Crippen LogP contribution in [0.5, 0.6) is 0 Å². The summed E-state index contributed by atoms with van der Waals surface area (Å²) >= 11 is 0. The number of fused-ring (bicyclic) bond motifs is 1. The average molecular weight is 274 g/mol. The Morgan fingerprint density at radius 1 is 1.60 bits per heavy atom. The van der Waals surface area contributed by atoms with Crippen molar-refractivity contribution in [2.45, 2.75) is 6.54 Å². The molecule has 1 aromatic heterocycles. The second-order valence-corrected chi connectivity index (χ2v) is 2.79. The molecular weight excluding hydrogens is 268 g/mol. The summed E-state index contributed by atoms with van der Waals surface area (Å²) in [6, 6.07) is 5.47. The van der Waals surface area contributed by atoms with Gasteiger partial charge >= 0.3 is 0 Å². The Kier molecular flexibility index (Phi) is 4.48. The van der Waals surface area contributed by atoms with Gasteiger partial charge in [-0.15, -0.1) is 6.07 Å². The molecule has 1 aromatic carbocycles. The van der Waals surface area contributed by atoms with Crippen molar-refractivity contribution < 1.29 is 41.9 Å². The number of amides is 1. The van der Waals surface area contributed by atoms with Crippen molar-refractivity contribution in [1.82, 2.24) is 10.3 Å². The molecule has 71 valence electrons. The number of aromatic nitrogens is 1. The number of hydrogen-bond donors (Lipinski definition) is 1. The number of nitrogens with one attached hydrogen (secondary N) is 1. The maximum absolute atomic E-state index is 10.5. The average Bonchev–Trinajstić information content (AvgIpc) is 2.62. The Morgan fingerprint density at radius 2 is 2.40 bits per heavy atom. The third-order valence-electron chi connectivity index (χ3n) is 1.84. The van der Waals surface area contributed by atoms with Crippen LogP contribution < -0.4 is 5.32 Å². The predicted octanol–water partition coefficient (Wildman–Crippen LogP) is 1.00. The molecule has 0 saturated carbocycles. The van der Waals surface area contributed by atoms with Gasteiger partial charge in [0.1, 0.15) is 6.39 Å². The van der Waals surface area contributed by atoms with Crippen molar-refractivity contribution in [3.8, 4) is 0 Å². The summed E-state index contributed by atoms with van der Waals surface area (Å²) in [5, 5.41) is 2.48. The van der Waals surface area contributed by atoms with E-state index in [2.05, 4.69) is 16.7 Å². The van der Waals surface area contributed by atoms with Crippen molar-refractivity contribution in [2.24, 2.45) is 0 Å². The molecule has 6 heteroatoms. The molecule has 0 aliphatic rings. The topological polar surface area (TPSA) is 55.1 Å². The van der Waals surface area contributed by atoms with Crippen LogP contribution >= 0.6 is 0 Å². The van der Waals surface area contributed by atoms with Crippen LogP contribution in [0.1, 0.15) is 5.56 Å². The summed E-state index contributed by atoms with van der Waals surface area (Å²) in [5.74, 6) is -0.564. The van der Waals surface area contributed by atoms with Gasteiger partial charge in [-0.05, 0) is 11.1 Å². The van der Waals surface area contributed by atoms with Crippen molar-refractivity contribution in [2.75, 3.05) is 0 Å². The summed E-state index contributed by atoms with van der Waals surface area (Å²) in [4.78, 5) is 14.4. The predicted molar refractivity (Wildman–Crippen MR) is 50.8 cm³/mol. The molecule has 0 saturated heterocycles. The van der Waals surface area contributed by atoms with E-state index in [0.717, 1.165) is 5.56 Å². The van der Waals surface area contributed by atoms with Gasteiger partial charge < -0.3 is 14.7 Å². The molecular formula is C9H6BN2O2Y-. The van der Waals surface area contributed by atoms with Gasteiger partial charge in [0.25, 0.3) is 0 Å². The first-order valence-corrected chi connectivity index (χ1v) is 4.05. The molecule has 4 nitrogen and oxygen atoms in total. The molecule has 1 heterocycles. The molecule has 1 N–H and O–H groups in total. The maximum atomic E-state index is 10.5. The van der Waals surface area contributed by atoms with E-state index in [4.69, 9.17) is 12.3 Å². The van der Waals surface area contributed by atoms with Crippen LogP contribution in [0.3, 0.4) is 0 Å². The Hall–Kier alpha value is -0.671. The van der Waals surface area contributed by atoms with E-state index in [1.165, 1.54) is 0 Å². The number of rotatable bonds is 2. The number of carbonyl (C=O) groups excluding carboxylic acids is 1. The number of oxazole rings is 1. The van der Waals surface area contributed by atoms with E-state index in [-0.39, 0.29) is 32.7 Å². The zero-order valence-corrected chi connectivity index (χ0v) is 10.7. The first-order valence-electron chi connectivity index (χ1n) is 4.05. The van der Waals surface area contributed by atoms with Gasteiger partial charge in [-0.1, -0.05) is 17.7 Å². The molecule has 0 unspecified atom stereocenters. The van der Waals surface area contributed by atoms with Crippen LogP contribution in [0.15, 0.2) is 22.6 Å². The minimum atomic E-state index is -0.564. The van der Waals surface area contributed by atoms with E-state index in [9.17, 15) is 4.79 Å². The smallest absolute Gasteiger partial charge is 0.200 e. The zero-order valence-electron chi connectivity index (χ0n) is 7.86. The maximum Gasteiger partial charge on any atom is 0.200 e. The first kappa shape index (κ1) is 12.4. The largest absolute Gasteiger partial charge is 0.573 e. The van der Waals surface area contributed by atoms with Crippen LogP contribution in [-0.4, -0.2) is 18.6 Å². The Labute approximate surface area is 113 Å². The van der Waals surface area contributed by atoms with E-state index >= 15 is 0 Å². The molecule has 0 aliphatic heterocycles. The van der Waals surface area contributed by atoms with Gasteiger partial charge in [-0.25, -0.2) is 0 Å². The molecule has 0 fully saturated rings. The number of hydrogen-bond acceptors (Lipinski definition) is 3. The van der Waals surface area contributed by atoms with Crippen LogP contribution in [0, 0.1) is 6.39 Å². The molecule has 0 atom stereocenters. The second kappa shape index (κ2) is 5.42. The fourth-order valence-electron chi connectivity index (χ4n) is 1.22. The van der Waals surface area contributed by atoms with Crippen molar-refractivity contribution in [1.29, 1.82) is 0 Å². The molecule has 2 rings (SSSR count). The van der Waals surface area contributed by atoms with Crippen molar-refractivity contribution in [3.05, 3.63) is 30.2 Å². The van der Waals surface area contributed by atoms with Crippen LogP contribution in [0.2, 0.25) is 0 Å². The van der Waals surface area contributed by atoms with Gasteiger partial charge in [0.15, 0.2) is 5.81 Å². The monoisotopic (exact) mass is 274 g/mol. The van der Waals surface area contributed by atoms with Gasteiger partial charge in [-0.2, -0.15) is 0 Å². The number of carbonyl (C=O) groups is 1. The van der Waals surface area contributed by atoms with Crippen molar-refractivity contribution in [3.63, 3.8) is 0 Å². The fraction of sp³-hybridized carbons (Fsp3) is 0.111. The third kappa shape index (κ3) is 2.89. The fourth-order valence-corrected chi connectivity index (χ4v) is 1.22. The standard InChI is InChI=1S/C9H6BN2O2.Y/c10-9(13)11-4-6-2-1-3-7-8(6)14-5-12-7;/h1-3H,4H2,(H,11,13);/q-1;. The summed E-state index contributed by atoms with van der Waals surface area (Å²) in [6.45, 7) is 0.329. The molecule has 15 heavy (non-hydrogen) atoms. The minimum Gasteiger partial charge on any atom is -0.573 e. The number of benzene rings is 1. The molecule has 0 aliphatic carbocycles. The number of para-hydroxylation sites is 1. The molecule has 0 spiro atoms. The first-order chi connectivity index (χ1) is 6.77. The normalized spacial score (nSPS) is 9.60. The summed E-state index contributed by atoms with van der Waals surface area (Å²) in [6.07, 6.45) is 2.40. The van der Waals surface area contributed by atoms with Crippen LogP contribution in [0.25, 0.3) is 11.1 Å². The van der Waals surface area contributed by atoms with Gasteiger partial charge in [0.2, 0.25) is 7.85 Å². The summed E-state index contributed by atoms with van der Waals surface area (Å²) in [7, 11) is 4.96. The Balaban J connectivity index is 0.00000112. The molecule has 2 aromatic rings. The van der Waals surface area contributed by atoms with E-state index < -0.39 is 5.81 Å².